The molecule has 1 heterocycles. The molecule has 164 valence electrons. The Hall–Kier alpha value is -2.88. The zero-order valence-corrected chi connectivity index (χ0v) is 19.6. The van der Waals surface area contributed by atoms with Crippen LogP contribution < -0.4 is 9.64 Å². The molecule has 31 heavy (non-hydrogen) atoms. The van der Waals surface area contributed by atoms with Crippen LogP contribution in [-0.2, 0) is 25.8 Å². The van der Waals surface area contributed by atoms with Crippen molar-refractivity contribution in [3.63, 3.8) is 0 Å². The molecule has 0 spiro atoms. The SMILES string of the molecule is CCc1ccc(CN(CCc2ccc(OC(C)C)c(C)c2)c2ncc(CC)cn2)cc1. The number of ether oxygens (including phenoxy) is 1. The van der Waals surface area contributed by atoms with Crippen molar-refractivity contribution in [2.45, 2.75) is 66.5 Å². The third kappa shape index (κ3) is 6.55. The van der Waals surface area contributed by atoms with Gasteiger partial charge in [-0.05, 0) is 73.9 Å². The fourth-order valence-electron chi connectivity index (χ4n) is 3.56. The number of aromatic nitrogens is 2. The van der Waals surface area contributed by atoms with E-state index >= 15 is 0 Å². The van der Waals surface area contributed by atoms with Gasteiger partial charge in [-0.3, -0.25) is 0 Å². The number of rotatable bonds is 10. The van der Waals surface area contributed by atoms with Crippen LogP contribution in [0.4, 0.5) is 5.95 Å². The number of anilines is 1. The molecule has 0 aliphatic heterocycles. The molecule has 0 unspecified atom stereocenters. The number of hydrogen-bond donors (Lipinski definition) is 0. The minimum atomic E-state index is 0.183. The predicted molar refractivity (Wildman–Crippen MR) is 129 cm³/mol. The van der Waals surface area contributed by atoms with E-state index in [0.717, 1.165) is 49.6 Å². The minimum Gasteiger partial charge on any atom is -0.491 e. The normalized spacial score (nSPS) is 11.0. The van der Waals surface area contributed by atoms with Gasteiger partial charge in [0.05, 0.1) is 6.10 Å². The van der Waals surface area contributed by atoms with Crippen LogP contribution in [0.15, 0.2) is 54.9 Å². The lowest BCUT2D eigenvalue weighted by Crippen LogP contribution is -2.27. The van der Waals surface area contributed by atoms with E-state index < -0.39 is 0 Å². The van der Waals surface area contributed by atoms with Gasteiger partial charge in [0.1, 0.15) is 5.75 Å². The molecule has 0 bridgehead atoms. The first-order chi connectivity index (χ1) is 15.0. The molecule has 4 heteroatoms. The molecule has 1 aromatic heterocycles. The van der Waals surface area contributed by atoms with E-state index in [1.165, 1.54) is 22.3 Å². The molecule has 0 aliphatic carbocycles. The van der Waals surface area contributed by atoms with Gasteiger partial charge in [-0.1, -0.05) is 50.2 Å². The largest absolute Gasteiger partial charge is 0.491 e. The van der Waals surface area contributed by atoms with Gasteiger partial charge in [0, 0.05) is 25.5 Å². The van der Waals surface area contributed by atoms with Crippen molar-refractivity contribution in [2.24, 2.45) is 0 Å². The van der Waals surface area contributed by atoms with E-state index in [1.54, 1.807) is 0 Å². The summed E-state index contributed by atoms with van der Waals surface area (Å²) in [6.45, 7) is 12.2. The lowest BCUT2D eigenvalue weighted by molar-refractivity contribution is 0.240. The van der Waals surface area contributed by atoms with Crippen molar-refractivity contribution in [3.8, 4) is 5.75 Å². The Morgan fingerprint density at radius 3 is 2.03 bits per heavy atom. The summed E-state index contributed by atoms with van der Waals surface area (Å²) >= 11 is 0. The molecule has 0 atom stereocenters. The Bertz CT molecular complexity index is 949. The maximum Gasteiger partial charge on any atom is 0.225 e. The van der Waals surface area contributed by atoms with Crippen molar-refractivity contribution in [1.29, 1.82) is 0 Å². The summed E-state index contributed by atoms with van der Waals surface area (Å²) < 4.78 is 5.88. The Morgan fingerprint density at radius 1 is 0.839 bits per heavy atom. The lowest BCUT2D eigenvalue weighted by atomic mass is 10.1. The number of aryl methyl sites for hydroxylation is 3. The van der Waals surface area contributed by atoms with Crippen molar-refractivity contribution in [3.05, 3.63) is 82.7 Å². The van der Waals surface area contributed by atoms with Crippen LogP contribution in [0.2, 0.25) is 0 Å². The molecular formula is C27H35N3O. The predicted octanol–water partition coefficient (Wildman–Crippen LogP) is 5.95. The highest BCUT2D eigenvalue weighted by Crippen LogP contribution is 2.22. The summed E-state index contributed by atoms with van der Waals surface area (Å²) in [7, 11) is 0. The highest BCUT2D eigenvalue weighted by atomic mass is 16.5. The molecule has 3 aromatic rings. The van der Waals surface area contributed by atoms with Gasteiger partial charge in [-0.2, -0.15) is 0 Å². The fourth-order valence-corrected chi connectivity index (χ4v) is 3.56. The molecule has 3 rings (SSSR count). The number of nitrogens with zero attached hydrogens (tertiary/aromatic N) is 3. The molecule has 0 saturated carbocycles. The second-order valence-electron chi connectivity index (χ2n) is 8.35. The van der Waals surface area contributed by atoms with Crippen LogP contribution >= 0.6 is 0 Å². The van der Waals surface area contributed by atoms with Crippen LogP contribution in [0.3, 0.4) is 0 Å². The van der Waals surface area contributed by atoms with Crippen molar-refractivity contribution >= 4 is 5.95 Å². The van der Waals surface area contributed by atoms with Crippen LogP contribution in [0.25, 0.3) is 0 Å². The highest BCUT2D eigenvalue weighted by Gasteiger charge is 2.12. The maximum absolute atomic E-state index is 5.88. The van der Waals surface area contributed by atoms with E-state index in [4.69, 9.17) is 4.74 Å². The Kier molecular flexibility index (Phi) is 8.05. The lowest BCUT2D eigenvalue weighted by Gasteiger charge is -2.23. The Balaban J connectivity index is 1.76. The Morgan fingerprint density at radius 2 is 1.45 bits per heavy atom. The zero-order chi connectivity index (χ0) is 22.2. The van der Waals surface area contributed by atoms with Crippen LogP contribution in [0.1, 0.15) is 55.5 Å². The average molecular weight is 418 g/mol. The molecule has 0 saturated heterocycles. The molecule has 0 amide bonds. The zero-order valence-electron chi connectivity index (χ0n) is 19.6. The summed E-state index contributed by atoms with van der Waals surface area (Å²) in [5, 5.41) is 0. The monoisotopic (exact) mass is 417 g/mol. The average Bonchev–Trinajstić information content (AvgIpc) is 2.78. The molecule has 0 fully saturated rings. The summed E-state index contributed by atoms with van der Waals surface area (Å²) in [6.07, 6.45) is 7.00. The third-order valence-corrected chi connectivity index (χ3v) is 5.46. The van der Waals surface area contributed by atoms with Gasteiger partial charge in [0.25, 0.3) is 0 Å². The first-order valence-corrected chi connectivity index (χ1v) is 11.4. The first kappa shape index (κ1) is 22.8. The smallest absolute Gasteiger partial charge is 0.225 e. The maximum atomic E-state index is 5.88. The van der Waals surface area contributed by atoms with E-state index in [9.17, 15) is 0 Å². The third-order valence-electron chi connectivity index (χ3n) is 5.46. The summed E-state index contributed by atoms with van der Waals surface area (Å²) in [5.74, 6) is 1.75. The van der Waals surface area contributed by atoms with E-state index in [1.807, 2.05) is 12.4 Å². The van der Waals surface area contributed by atoms with Gasteiger partial charge < -0.3 is 9.64 Å². The first-order valence-electron chi connectivity index (χ1n) is 11.4. The molecule has 2 aromatic carbocycles. The van der Waals surface area contributed by atoms with Gasteiger partial charge in [0.15, 0.2) is 0 Å². The van der Waals surface area contributed by atoms with Gasteiger partial charge in [0.2, 0.25) is 5.95 Å². The second-order valence-corrected chi connectivity index (χ2v) is 8.35. The second kappa shape index (κ2) is 10.9. The summed E-state index contributed by atoms with van der Waals surface area (Å²) in [4.78, 5) is 11.6. The summed E-state index contributed by atoms with van der Waals surface area (Å²) in [6, 6.07) is 15.3. The van der Waals surface area contributed by atoms with E-state index in [2.05, 4.69) is 92.0 Å². The molecule has 0 radical (unpaired) electrons. The van der Waals surface area contributed by atoms with Crippen molar-refractivity contribution in [2.75, 3.05) is 11.4 Å². The van der Waals surface area contributed by atoms with Gasteiger partial charge in [-0.15, -0.1) is 0 Å². The van der Waals surface area contributed by atoms with Crippen molar-refractivity contribution < 1.29 is 4.74 Å². The number of hydrogen-bond acceptors (Lipinski definition) is 4. The van der Waals surface area contributed by atoms with Gasteiger partial charge in [-0.25, -0.2) is 9.97 Å². The van der Waals surface area contributed by atoms with Crippen LogP contribution in [-0.4, -0.2) is 22.6 Å². The Labute approximate surface area is 187 Å². The van der Waals surface area contributed by atoms with E-state index in [0.29, 0.717) is 0 Å². The molecule has 0 aliphatic rings. The highest BCUT2D eigenvalue weighted by molar-refractivity contribution is 5.38. The van der Waals surface area contributed by atoms with Crippen LogP contribution in [0, 0.1) is 6.92 Å². The quantitative estimate of drug-likeness (QED) is 0.409. The van der Waals surface area contributed by atoms with Crippen molar-refractivity contribution in [1.82, 2.24) is 9.97 Å². The molecule has 4 nitrogen and oxygen atoms in total. The van der Waals surface area contributed by atoms with E-state index in [-0.39, 0.29) is 6.10 Å². The fraction of sp³-hybridized carbons (Fsp3) is 0.407. The molecular weight excluding hydrogens is 382 g/mol. The topological polar surface area (TPSA) is 38.2 Å². The van der Waals surface area contributed by atoms with Gasteiger partial charge >= 0.3 is 0 Å². The number of benzene rings is 2. The van der Waals surface area contributed by atoms with Crippen LogP contribution in [0.5, 0.6) is 5.75 Å². The minimum absolute atomic E-state index is 0.183. The standard InChI is InChI=1S/C27H35N3O/c1-6-22-8-10-25(11-9-22)19-30(27-28-17-23(7-2)18-29-27)15-14-24-12-13-26(21(5)16-24)31-20(3)4/h8-13,16-18,20H,6-7,14-15,19H2,1-5H3. The molecule has 0 N–H and O–H groups in total. The summed E-state index contributed by atoms with van der Waals surface area (Å²) in [5.41, 5.74) is 6.27.